The summed E-state index contributed by atoms with van der Waals surface area (Å²) in [7, 11) is 1.56. The minimum atomic E-state index is -0.456. The highest BCUT2D eigenvalue weighted by molar-refractivity contribution is 6.07. The molecule has 174 valence electrons. The zero-order valence-electron chi connectivity index (χ0n) is 19.3. The van der Waals surface area contributed by atoms with Crippen molar-refractivity contribution in [1.82, 2.24) is 14.5 Å². The van der Waals surface area contributed by atoms with Crippen LogP contribution < -0.4 is 10.9 Å². The molecule has 1 aromatic carbocycles. The van der Waals surface area contributed by atoms with Crippen molar-refractivity contribution in [2.24, 2.45) is 7.05 Å². The van der Waals surface area contributed by atoms with Gasteiger partial charge in [-0.05, 0) is 50.8 Å². The first-order valence-electron chi connectivity index (χ1n) is 11.0. The van der Waals surface area contributed by atoms with E-state index in [1.54, 1.807) is 14.0 Å². The van der Waals surface area contributed by atoms with Crippen molar-refractivity contribution in [2.75, 3.05) is 25.0 Å². The second kappa shape index (κ2) is 9.19. The van der Waals surface area contributed by atoms with Gasteiger partial charge >= 0.3 is 0 Å². The van der Waals surface area contributed by atoms with E-state index in [-0.39, 0.29) is 53.1 Å². The van der Waals surface area contributed by atoms with Crippen molar-refractivity contribution in [3.63, 3.8) is 0 Å². The number of amides is 2. The Morgan fingerprint density at radius 1 is 1.27 bits per heavy atom. The smallest absolute Gasteiger partial charge is 0.265 e. The highest BCUT2D eigenvalue weighted by atomic mass is 16.5. The lowest BCUT2D eigenvalue weighted by atomic mass is 10.1. The third-order valence-corrected chi connectivity index (χ3v) is 6.11. The summed E-state index contributed by atoms with van der Waals surface area (Å²) >= 11 is 0. The number of ether oxygens (including phenoxy) is 1. The molecule has 3 heterocycles. The molecular formula is C24H28N4O5. The Morgan fingerprint density at radius 2 is 2.06 bits per heavy atom. The third-order valence-electron chi connectivity index (χ3n) is 6.11. The lowest BCUT2D eigenvalue weighted by Crippen LogP contribution is -2.42. The number of nitrogens with zero attached hydrogens (tertiary/aromatic N) is 3. The molecule has 0 saturated carbocycles. The predicted octanol–water partition coefficient (Wildman–Crippen LogP) is 2.71. The second-order valence-corrected chi connectivity index (χ2v) is 8.49. The minimum absolute atomic E-state index is 0.107. The van der Waals surface area contributed by atoms with E-state index in [0.29, 0.717) is 12.3 Å². The largest absolute Gasteiger partial charge is 0.442 e. The maximum atomic E-state index is 13.7. The van der Waals surface area contributed by atoms with Gasteiger partial charge in [0, 0.05) is 25.9 Å². The normalized spacial score (nSPS) is 15.7. The summed E-state index contributed by atoms with van der Waals surface area (Å²) in [5.74, 6) is -0.493. The van der Waals surface area contributed by atoms with Gasteiger partial charge in [-0.1, -0.05) is 12.1 Å². The van der Waals surface area contributed by atoms with E-state index in [1.165, 1.54) is 15.8 Å². The van der Waals surface area contributed by atoms with E-state index < -0.39 is 5.91 Å². The van der Waals surface area contributed by atoms with Gasteiger partial charge in [-0.3, -0.25) is 14.4 Å². The van der Waals surface area contributed by atoms with Crippen molar-refractivity contribution < 1.29 is 18.7 Å². The fraction of sp³-hybridized carbons (Fsp3) is 0.417. The Bertz CT molecular complexity index is 1270. The Labute approximate surface area is 191 Å². The van der Waals surface area contributed by atoms with Crippen LogP contribution in [0.25, 0.3) is 11.1 Å². The van der Waals surface area contributed by atoms with Gasteiger partial charge in [0.1, 0.15) is 24.0 Å². The number of aromatic nitrogens is 2. The fourth-order valence-corrected chi connectivity index (χ4v) is 4.11. The maximum Gasteiger partial charge on any atom is 0.265 e. The number of aryl methyl sites for hydroxylation is 3. The summed E-state index contributed by atoms with van der Waals surface area (Å²) in [6, 6.07) is 5.67. The molecule has 0 bridgehead atoms. The standard InChI is InChI=1S/C24H28N4O5/c1-14-7-5-9-18(15(14)2)26-19(29)12-28(11-17-8-6-10-32-17)24(31)20-16(3)33-22-21(20)23(30)27(4)13-25-22/h5,7,9,13,17H,6,8,10-12H2,1-4H3,(H,26,29). The third kappa shape index (κ3) is 4.54. The molecule has 2 amide bonds. The Morgan fingerprint density at radius 3 is 2.79 bits per heavy atom. The predicted molar refractivity (Wildman–Crippen MR) is 123 cm³/mol. The van der Waals surface area contributed by atoms with Crippen LogP contribution in [-0.4, -0.2) is 52.1 Å². The van der Waals surface area contributed by atoms with Crippen molar-refractivity contribution in [3.8, 4) is 0 Å². The van der Waals surface area contributed by atoms with Crippen LogP contribution in [0.4, 0.5) is 5.69 Å². The van der Waals surface area contributed by atoms with Gasteiger partial charge in [-0.25, -0.2) is 4.98 Å². The van der Waals surface area contributed by atoms with E-state index in [1.807, 2.05) is 32.0 Å². The fourth-order valence-electron chi connectivity index (χ4n) is 4.11. The molecule has 1 aliphatic heterocycles. The summed E-state index contributed by atoms with van der Waals surface area (Å²) in [6.07, 6.45) is 2.89. The van der Waals surface area contributed by atoms with Gasteiger partial charge in [0.15, 0.2) is 0 Å². The van der Waals surface area contributed by atoms with Gasteiger partial charge in [0.2, 0.25) is 11.6 Å². The van der Waals surface area contributed by atoms with E-state index in [0.717, 1.165) is 24.0 Å². The van der Waals surface area contributed by atoms with Gasteiger partial charge in [0.05, 0.1) is 11.7 Å². The maximum absolute atomic E-state index is 13.7. The first-order valence-corrected chi connectivity index (χ1v) is 11.0. The lowest BCUT2D eigenvalue weighted by Gasteiger charge is -2.25. The van der Waals surface area contributed by atoms with Crippen LogP contribution in [0.1, 0.15) is 40.1 Å². The minimum Gasteiger partial charge on any atom is -0.442 e. The number of fused-ring (bicyclic) bond motifs is 1. The van der Waals surface area contributed by atoms with Crippen LogP contribution in [-0.2, 0) is 16.6 Å². The van der Waals surface area contributed by atoms with Crippen LogP contribution >= 0.6 is 0 Å². The molecule has 9 nitrogen and oxygen atoms in total. The molecule has 0 radical (unpaired) electrons. The van der Waals surface area contributed by atoms with Gasteiger partial charge in [-0.15, -0.1) is 0 Å². The van der Waals surface area contributed by atoms with Crippen LogP contribution in [0.2, 0.25) is 0 Å². The van der Waals surface area contributed by atoms with E-state index >= 15 is 0 Å². The van der Waals surface area contributed by atoms with E-state index in [9.17, 15) is 14.4 Å². The van der Waals surface area contributed by atoms with Crippen LogP contribution in [0.3, 0.4) is 0 Å². The number of nitrogens with one attached hydrogen (secondary N) is 1. The molecular weight excluding hydrogens is 424 g/mol. The molecule has 1 atom stereocenters. The van der Waals surface area contributed by atoms with Crippen molar-refractivity contribution in [3.05, 3.63) is 57.3 Å². The zero-order valence-corrected chi connectivity index (χ0v) is 19.3. The molecule has 1 unspecified atom stereocenters. The molecule has 0 spiro atoms. The summed E-state index contributed by atoms with van der Waals surface area (Å²) in [6.45, 7) is 6.21. The van der Waals surface area contributed by atoms with Gasteiger partial charge in [0.25, 0.3) is 11.5 Å². The number of anilines is 1. The Hall–Kier alpha value is -3.46. The molecule has 1 N–H and O–H groups in total. The molecule has 3 aromatic rings. The second-order valence-electron chi connectivity index (χ2n) is 8.49. The lowest BCUT2D eigenvalue weighted by molar-refractivity contribution is -0.117. The SMILES string of the molecule is Cc1cccc(NC(=O)CN(CC2CCCO2)C(=O)c2c(C)oc3ncn(C)c(=O)c23)c1C. The number of benzene rings is 1. The number of hydrogen-bond donors (Lipinski definition) is 1. The first-order chi connectivity index (χ1) is 15.8. The van der Waals surface area contributed by atoms with E-state index in [4.69, 9.17) is 9.15 Å². The van der Waals surface area contributed by atoms with Crippen LogP contribution in [0, 0.1) is 20.8 Å². The summed E-state index contributed by atoms with van der Waals surface area (Å²) < 4.78 is 12.6. The quantitative estimate of drug-likeness (QED) is 0.616. The number of carbonyl (C=O) groups is 2. The molecule has 1 saturated heterocycles. The molecule has 33 heavy (non-hydrogen) atoms. The summed E-state index contributed by atoms with van der Waals surface area (Å²) in [5, 5.41) is 3.02. The van der Waals surface area contributed by atoms with Crippen LogP contribution in [0.15, 0.2) is 33.7 Å². The number of carbonyl (C=O) groups excluding carboxylic acids is 2. The van der Waals surface area contributed by atoms with Crippen LogP contribution in [0.5, 0.6) is 0 Å². The molecule has 9 heteroatoms. The van der Waals surface area contributed by atoms with Crippen molar-refractivity contribution in [1.29, 1.82) is 0 Å². The molecule has 2 aromatic heterocycles. The van der Waals surface area contributed by atoms with Gasteiger partial charge in [-0.2, -0.15) is 0 Å². The Kier molecular flexibility index (Phi) is 6.33. The number of furan rings is 1. The molecule has 1 fully saturated rings. The average Bonchev–Trinajstić information content (AvgIpc) is 3.40. The highest BCUT2D eigenvalue weighted by Crippen LogP contribution is 2.24. The molecule has 4 rings (SSSR count). The average molecular weight is 453 g/mol. The number of rotatable bonds is 6. The monoisotopic (exact) mass is 452 g/mol. The van der Waals surface area contributed by atoms with Crippen molar-refractivity contribution in [2.45, 2.75) is 39.7 Å². The Balaban J connectivity index is 1.65. The molecule has 1 aliphatic rings. The summed E-state index contributed by atoms with van der Waals surface area (Å²) in [4.78, 5) is 44.9. The zero-order chi connectivity index (χ0) is 23.7. The first kappa shape index (κ1) is 22.7. The topological polar surface area (TPSA) is 107 Å². The summed E-state index contributed by atoms with van der Waals surface area (Å²) in [5.41, 5.74) is 2.59. The van der Waals surface area contributed by atoms with E-state index in [2.05, 4.69) is 10.3 Å². The highest BCUT2D eigenvalue weighted by Gasteiger charge is 2.30. The molecule has 0 aliphatic carbocycles. The van der Waals surface area contributed by atoms with Crippen molar-refractivity contribution >= 4 is 28.6 Å². The number of hydrogen-bond acceptors (Lipinski definition) is 6. The van der Waals surface area contributed by atoms with Gasteiger partial charge < -0.3 is 23.9 Å².